The molecule has 2 heterocycles. The molecule has 1 unspecified atom stereocenters. The van der Waals surface area contributed by atoms with Crippen molar-refractivity contribution in [2.45, 2.75) is 63.1 Å². The Bertz CT molecular complexity index is 1020. The third kappa shape index (κ3) is 6.35. The molecule has 1 N–H and O–H groups in total. The van der Waals surface area contributed by atoms with Gasteiger partial charge in [0, 0.05) is 6.42 Å². The quantitative estimate of drug-likeness (QED) is 0.472. The highest BCUT2D eigenvalue weighted by molar-refractivity contribution is 5.15. The van der Waals surface area contributed by atoms with Crippen LogP contribution in [0, 0.1) is 0 Å². The van der Waals surface area contributed by atoms with Gasteiger partial charge in [-0.2, -0.15) is 0 Å². The number of hydrogen-bond donors (Lipinski definition) is 1. The minimum atomic E-state index is -0.883. The molecule has 0 saturated carbocycles. The smallest absolute Gasteiger partial charge is 0.157 e. The van der Waals surface area contributed by atoms with Crippen LogP contribution in [0.2, 0.25) is 0 Å². The number of ether oxygens (including phenoxy) is 5. The third-order valence-electron chi connectivity index (χ3n) is 6.44. The lowest BCUT2D eigenvalue weighted by atomic mass is 9.94. The van der Waals surface area contributed by atoms with Gasteiger partial charge in [0.15, 0.2) is 6.29 Å². The summed E-state index contributed by atoms with van der Waals surface area (Å²) >= 11 is 0. The molecular weight excluding hydrogens is 444 g/mol. The van der Waals surface area contributed by atoms with Crippen molar-refractivity contribution < 1.29 is 28.8 Å². The van der Waals surface area contributed by atoms with Crippen LogP contribution in [-0.2, 0) is 43.5 Å². The van der Waals surface area contributed by atoms with Crippen molar-refractivity contribution in [3.63, 3.8) is 0 Å². The SMILES string of the molecule is OC1C[C@H]2O[C@H](COCc3ccccc3)[C@@H](OCc3ccccc3)[C@H](OCc3ccccc3)[C@H]2O1. The summed E-state index contributed by atoms with van der Waals surface area (Å²) in [5.74, 6) is 0. The van der Waals surface area contributed by atoms with Crippen LogP contribution >= 0.6 is 0 Å². The Balaban J connectivity index is 1.33. The summed E-state index contributed by atoms with van der Waals surface area (Å²) < 4.78 is 31.2. The van der Waals surface area contributed by atoms with Gasteiger partial charge >= 0.3 is 0 Å². The summed E-state index contributed by atoms with van der Waals surface area (Å²) in [6, 6.07) is 30.1. The van der Waals surface area contributed by atoms with Gasteiger partial charge in [-0.15, -0.1) is 0 Å². The molecule has 3 aromatic rings. The molecule has 0 amide bonds. The molecule has 0 bridgehead atoms. The summed E-state index contributed by atoms with van der Waals surface area (Å²) in [6.45, 7) is 1.65. The minimum Gasteiger partial charge on any atom is -0.374 e. The maximum absolute atomic E-state index is 10.2. The molecule has 3 aromatic carbocycles. The topological polar surface area (TPSA) is 66.4 Å². The van der Waals surface area contributed by atoms with Gasteiger partial charge in [-0.1, -0.05) is 91.0 Å². The monoisotopic (exact) mass is 476 g/mol. The van der Waals surface area contributed by atoms with Gasteiger partial charge in [0.25, 0.3) is 0 Å². The first kappa shape index (κ1) is 24.1. The summed E-state index contributed by atoms with van der Waals surface area (Å²) in [4.78, 5) is 0. The zero-order valence-electron chi connectivity index (χ0n) is 19.6. The van der Waals surface area contributed by atoms with E-state index in [9.17, 15) is 5.11 Å². The lowest BCUT2D eigenvalue weighted by molar-refractivity contribution is -0.257. The first-order chi connectivity index (χ1) is 17.3. The van der Waals surface area contributed by atoms with Gasteiger partial charge in [-0.3, -0.25) is 0 Å². The van der Waals surface area contributed by atoms with Crippen LogP contribution in [-0.4, -0.2) is 48.5 Å². The highest BCUT2D eigenvalue weighted by Gasteiger charge is 2.52. The van der Waals surface area contributed by atoms with Crippen molar-refractivity contribution in [1.29, 1.82) is 0 Å². The van der Waals surface area contributed by atoms with Crippen molar-refractivity contribution >= 4 is 0 Å². The average molecular weight is 477 g/mol. The zero-order chi connectivity index (χ0) is 23.9. The maximum Gasteiger partial charge on any atom is 0.157 e. The van der Waals surface area contributed by atoms with Crippen LogP contribution in [0.5, 0.6) is 0 Å². The van der Waals surface area contributed by atoms with Crippen LogP contribution in [0.1, 0.15) is 23.1 Å². The Hall–Kier alpha value is -2.58. The fourth-order valence-corrected chi connectivity index (χ4v) is 4.71. The minimum absolute atomic E-state index is 0.285. The molecule has 184 valence electrons. The number of rotatable bonds is 10. The number of fused-ring (bicyclic) bond motifs is 1. The standard InChI is InChI=1S/C29H32O6/c30-26-16-24-28(35-26)29(33-19-23-14-8-3-9-15-23)27(32-18-22-12-6-2-7-13-22)25(34-24)20-31-17-21-10-4-1-5-11-21/h1-15,24-30H,16-20H2/t24-,25-,26?,27-,28+,29+/m1/s1. The van der Waals surface area contributed by atoms with Crippen molar-refractivity contribution in [2.75, 3.05) is 6.61 Å². The predicted octanol–water partition coefficient (Wildman–Crippen LogP) is 4.25. The molecule has 35 heavy (non-hydrogen) atoms. The molecule has 5 rings (SSSR count). The van der Waals surface area contributed by atoms with Gasteiger partial charge in [0.2, 0.25) is 0 Å². The highest BCUT2D eigenvalue weighted by Crippen LogP contribution is 2.36. The van der Waals surface area contributed by atoms with Crippen molar-refractivity contribution in [3.05, 3.63) is 108 Å². The molecule has 0 aliphatic carbocycles. The van der Waals surface area contributed by atoms with Crippen molar-refractivity contribution in [3.8, 4) is 0 Å². The van der Waals surface area contributed by atoms with Crippen molar-refractivity contribution in [2.24, 2.45) is 0 Å². The van der Waals surface area contributed by atoms with E-state index in [0.29, 0.717) is 32.8 Å². The average Bonchev–Trinajstić information content (AvgIpc) is 3.28. The molecule has 2 saturated heterocycles. The van der Waals surface area contributed by atoms with Gasteiger partial charge in [-0.05, 0) is 16.7 Å². The lowest BCUT2D eigenvalue weighted by Gasteiger charge is -2.43. The Morgan fingerprint density at radius 3 is 1.74 bits per heavy atom. The van der Waals surface area contributed by atoms with Crippen LogP contribution in [0.15, 0.2) is 91.0 Å². The molecule has 0 radical (unpaired) electrons. The van der Waals surface area contributed by atoms with E-state index in [1.54, 1.807) is 0 Å². The molecule has 2 fully saturated rings. The third-order valence-corrected chi connectivity index (χ3v) is 6.44. The van der Waals surface area contributed by atoms with Gasteiger partial charge in [0.1, 0.15) is 24.4 Å². The Morgan fingerprint density at radius 2 is 1.17 bits per heavy atom. The Morgan fingerprint density at radius 1 is 0.657 bits per heavy atom. The Labute approximate surface area is 206 Å². The first-order valence-electron chi connectivity index (χ1n) is 12.2. The predicted molar refractivity (Wildman–Crippen MR) is 130 cm³/mol. The lowest BCUT2D eigenvalue weighted by Crippen LogP contribution is -2.59. The van der Waals surface area contributed by atoms with Gasteiger partial charge < -0.3 is 28.8 Å². The first-order valence-corrected chi connectivity index (χ1v) is 12.2. The van der Waals surface area contributed by atoms with Crippen molar-refractivity contribution in [1.82, 2.24) is 0 Å². The number of aliphatic hydroxyl groups is 1. The van der Waals surface area contributed by atoms with E-state index in [4.69, 9.17) is 23.7 Å². The second-order valence-corrected chi connectivity index (χ2v) is 9.03. The molecule has 6 atom stereocenters. The van der Waals surface area contributed by atoms with E-state index in [1.165, 1.54) is 0 Å². The van der Waals surface area contributed by atoms with Gasteiger partial charge in [0.05, 0.1) is 32.5 Å². The van der Waals surface area contributed by atoms with E-state index >= 15 is 0 Å². The summed E-state index contributed by atoms with van der Waals surface area (Å²) in [5.41, 5.74) is 3.22. The van der Waals surface area contributed by atoms with E-state index in [0.717, 1.165) is 16.7 Å². The Kier molecular flexibility index (Phi) is 8.21. The molecule has 2 aliphatic heterocycles. The number of benzene rings is 3. The molecule has 0 spiro atoms. The van der Waals surface area contributed by atoms with Gasteiger partial charge in [-0.25, -0.2) is 0 Å². The fourth-order valence-electron chi connectivity index (χ4n) is 4.71. The highest BCUT2D eigenvalue weighted by atomic mass is 16.7. The zero-order valence-corrected chi connectivity index (χ0v) is 19.6. The molecule has 0 aromatic heterocycles. The second-order valence-electron chi connectivity index (χ2n) is 9.03. The fraction of sp³-hybridized carbons (Fsp3) is 0.379. The summed E-state index contributed by atoms with van der Waals surface area (Å²) in [6.07, 6.45) is -2.39. The summed E-state index contributed by atoms with van der Waals surface area (Å²) in [7, 11) is 0. The van der Waals surface area contributed by atoms with Crippen LogP contribution in [0.25, 0.3) is 0 Å². The summed E-state index contributed by atoms with van der Waals surface area (Å²) in [5, 5.41) is 10.2. The van der Waals surface area contributed by atoms with E-state index in [1.807, 2.05) is 91.0 Å². The molecule has 2 aliphatic rings. The second kappa shape index (κ2) is 11.9. The molecule has 6 heteroatoms. The maximum atomic E-state index is 10.2. The number of aliphatic hydroxyl groups excluding tert-OH is 1. The van der Waals surface area contributed by atoms with E-state index in [2.05, 4.69) is 0 Å². The number of hydrogen-bond acceptors (Lipinski definition) is 6. The molecule has 6 nitrogen and oxygen atoms in total. The normalized spacial score (nSPS) is 28.0. The van der Waals surface area contributed by atoms with Crippen LogP contribution in [0.4, 0.5) is 0 Å². The van der Waals surface area contributed by atoms with E-state index in [-0.39, 0.29) is 12.2 Å². The molecular formula is C29H32O6. The van der Waals surface area contributed by atoms with Crippen LogP contribution < -0.4 is 0 Å². The largest absolute Gasteiger partial charge is 0.374 e. The van der Waals surface area contributed by atoms with Crippen LogP contribution in [0.3, 0.4) is 0 Å². The van der Waals surface area contributed by atoms with E-state index < -0.39 is 24.6 Å².